The third kappa shape index (κ3) is 10.1. The Morgan fingerprint density at radius 1 is 0.136 bits per heavy atom. The van der Waals surface area contributed by atoms with E-state index < -0.39 is 34.7 Å². The minimum absolute atomic E-state index is 0.648. The fourth-order valence-electron chi connectivity index (χ4n) is 13.8. The molecule has 0 aliphatic carbocycles. The molecule has 394 valence electrons. The van der Waals surface area contributed by atoms with Gasteiger partial charge < -0.3 is 0 Å². The van der Waals surface area contributed by atoms with Crippen molar-refractivity contribution >= 4 is 0 Å². The van der Waals surface area contributed by atoms with Crippen molar-refractivity contribution in [1.82, 2.24) is 0 Å². The Morgan fingerprint density at radius 2 is 0.222 bits per heavy atom. The summed E-state index contributed by atoms with van der Waals surface area (Å²) in [4.78, 5) is 0. The van der Waals surface area contributed by atoms with E-state index in [1.807, 2.05) is 0 Å². The van der Waals surface area contributed by atoms with Gasteiger partial charge >= 0.3 is 487 Å². The van der Waals surface area contributed by atoms with Crippen LogP contribution in [0.5, 0.6) is 0 Å². The molecule has 81 heavy (non-hydrogen) atoms. The van der Waals surface area contributed by atoms with Gasteiger partial charge in [0.25, 0.3) is 0 Å². The van der Waals surface area contributed by atoms with E-state index in [4.69, 9.17) is 0 Å². The van der Waals surface area contributed by atoms with Gasteiger partial charge in [-0.2, -0.15) is 0 Å². The zero-order valence-electron chi connectivity index (χ0n) is 45.9. The van der Waals surface area contributed by atoms with Crippen molar-refractivity contribution in [1.29, 1.82) is 0 Å². The Balaban J connectivity index is 1.34. The normalized spacial score (nSPS) is 12.3. The maximum atomic E-state index is 2.43. The van der Waals surface area contributed by atoms with Gasteiger partial charge in [0.1, 0.15) is 0 Å². The predicted octanol–water partition coefficient (Wildman–Crippen LogP) is 20.0. The van der Waals surface area contributed by atoms with Crippen LogP contribution in [0.25, 0.3) is 0 Å². The molecule has 0 saturated carbocycles. The van der Waals surface area contributed by atoms with Gasteiger partial charge in [-0.1, -0.05) is 0 Å². The molecule has 0 amide bonds. The van der Waals surface area contributed by atoms with Crippen LogP contribution in [0.2, 0.25) is 21.1 Å². The molecule has 12 rings (SSSR count). The third-order valence-electron chi connectivity index (χ3n) is 17.3. The van der Waals surface area contributed by atoms with Crippen molar-refractivity contribution in [2.75, 3.05) is 0 Å². The van der Waals surface area contributed by atoms with Gasteiger partial charge in [-0.25, -0.2) is 0 Å². The second-order valence-corrected chi connectivity index (χ2v) is 27.4. The SMILES string of the molecule is c1ccc(C([CH2][Cr]([CH2]C(c2ccccc2)(c2ccccc2)c2ccccc2)([CH2]C(c2ccccc2)(c2ccccc2)c2ccccc2)[CH2]C(c2ccccc2)(c2ccccc2)c2ccccc2)(c2ccccc2)c2ccccc2)cc1. The first-order valence-corrected chi connectivity index (χ1v) is 32.1. The first kappa shape index (κ1) is 52.8. The van der Waals surface area contributed by atoms with E-state index in [-0.39, 0.29) is 0 Å². The fraction of sp³-hybridized carbons (Fsp3) is 0.100. The standard InChI is InChI=1S/4C20H17.Cr/c4*1-20(17-11-5-2-6-12-17,18-13-7-3-8-14-18)19-15-9-4-10-16-19;/h4*2-16H,1H2;. The van der Waals surface area contributed by atoms with Gasteiger partial charge in [-0.3, -0.25) is 0 Å². The molecule has 0 aromatic heterocycles. The summed E-state index contributed by atoms with van der Waals surface area (Å²) in [5.41, 5.74) is 12.9. The Bertz CT molecular complexity index is 2900. The molecule has 0 N–H and O–H groups in total. The van der Waals surface area contributed by atoms with Crippen LogP contribution in [-0.4, -0.2) is 0 Å². The van der Waals surface area contributed by atoms with Crippen molar-refractivity contribution in [3.63, 3.8) is 0 Å². The Labute approximate surface area is 483 Å². The van der Waals surface area contributed by atoms with Crippen LogP contribution in [0.3, 0.4) is 0 Å². The Morgan fingerprint density at radius 3 is 0.309 bits per heavy atom. The quantitative estimate of drug-likeness (QED) is 0.0667. The van der Waals surface area contributed by atoms with Crippen LogP contribution < -0.4 is 0 Å². The topological polar surface area (TPSA) is 0 Å². The van der Waals surface area contributed by atoms with Crippen LogP contribution >= 0.6 is 0 Å². The molecule has 12 aromatic rings. The van der Waals surface area contributed by atoms with Crippen LogP contribution in [0, 0.1) is 0 Å². The van der Waals surface area contributed by atoms with Gasteiger partial charge in [0.15, 0.2) is 0 Å². The summed E-state index contributed by atoms with van der Waals surface area (Å²) < 4.78 is 0. The van der Waals surface area contributed by atoms with Crippen LogP contribution in [-0.2, 0) is 34.7 Å². The molecule has 0 atom stereocenters. The molecule has 0 bridgehead atoms. The average molecular weight is 1080 g/mol. The molecule has 12 aromatic carbocycles. The number of hydrogen-bond acceptors (Lipinski definition) is 0. The fourth-order valence-corrected chi connectivity index (χ4v) is 23.6. The first-order chi connectivity index (χ1) is 40.1. The van der Waals surface area contributed by atoms with Gasteiger partial charge in [0.2, 0.25) is 0 Å². The summed E-state index contributed by atoms with van der Waals surface area (Å²) in [6.45, 7) is 0. The minimum atomic E-state index is -3.88. The number of rotatable bonds is 20. The Kier molecular flexibility index (Phi) is 15.6. The van der Waals surface area contributed by atoms with Crippen molar-refractivity contribution < 1.29 is 13.1 Å². The predicted molar refractivity (Wildman–Crippen MR) is 336 cm³/mol. The zero-order chi connectivity index (χ0) is 54.7. The van der Waals surface area contributed by atoms with E-state index in [1.54, 1.807) is 0 Å². The van der Waals surface area contributed by atoms with Crippen molar-refractivity contribution in [2.24, 2.45) is 0 Å². The van der Waals surface area contributed by atoms with Gasteiger partial charge in [-0.05, 0) is 0 Å². The van der Waals surface area contributed by atoms with E-state index in [9.17, 15) is 0 Å². The molecular formula is C80H68Cr. The molecule has 0 spiro atoms. The molecule has 0 aliphatic rings. The van der Waals surface area contributed by atoms with E-state index in [0.717, 1.165) is 21.1 Å². The molecule has 0 radical (unpaired) electrons. The second kappa shape index (κ2) is 23.9. The first-order valence-electron chi connectivity index (χ1n) is 28.5. The summed E-state index contributed by atoms with van der Waals surface area (Å²) in [7, 11) is 0. The molecule has 0 aliphatic heterocycles. The van der Waals surface area contributed by atoms with Crippen LogP contribution in [0.15, 0.2) is 364 Å². The summed E-state index contributed by atoms with van der Waals surface area (Å²) >= 11 is -3.88. The third-order valence-corrected chi connectivity index (χ3v) is 23.8. The maximum absolute atomic E-state index is 3.88. The van der Waals surface area contributed by atoms with Crippen LogP contribution in [0.1, 0.15) is 66.8 Å². The molecule has 0 fully saturated rings. The number of hydrogen-bond donors (Lipinski definition) is 0. The van der Waals surface area contributed by atoms with Crippen molar-refractivity contribution in [3.05, 3.63) is 431 Å². The van der Waals surface area contributed by atoms with Crippen molar-refractivity contribution in [2.45, 2.75) is 42.8 Å². The zero-order valence-corrected chi connectivity index (χ0v) is 47.2. The Hall–Kier alpha value is -8.83. The average Bonchev–Trinajstić information content (AvgIpc) is 3.74. The molecule has 0 unspecified atom stereocenters. The molecular weight excluding hydrogens is 1010 g/mol. The second-order valence-electron chi connectivity index (χ2n) is 21.8. The van der Waals surface area contributed by atoms with Crippen molar-refractivity contribution in [3.8, 4) is 0 Å². The monoisotopic (exact) mass is 1080 g/mol. The molecule has 0 saturated heterocycles. The summed E-state index contributed by atoms with van der Waals surface area (Å²) in [5, 5.41) is 3.44. The van der Waals surface area contributed by atoms with E-state index in [1.165, 1.54) is 66.8 Å². The summed E-state index contributed by atoms with van der Waals surface area (Å²) in [6, 6.07) is 139. The van der Waals surface area contributed by atoms with E-state index in [0.29, 0.717) is 0 Å². The van der Waals surface area contributed by atoms with E-state index >= 15 is 0 Å². The van der Waals surface area contributed by atoms with Crippen LogP contribution in [0.4, 0.5) is 0 Å². The molecule has 0 heterocycles. The van der Waals surface area contributed by atoms with Gasteiger partial charge in [0, 0.05) is 0 Å². The molecule has 0 nitrogen and oxygen atoms in total. The van der Waals surface area contributed by atoms with Gasteiger partial charge in [0.05, 0.1) is 0 Å². The molecule has 1 heteroatoms. The number of benzene rings is 12. The van der Waals surface area contributed by atoms with Gasteiger partial charge in [-0.15, -0.1) is 0 Å². The summed E-state index contributed by atoms with van der Waals surface area (Å²) in [6.07, 6.45) is 0. The summed E-state index contributed by atoms with van der Waals surface area (Å²) in [5.74, 6) is 0. The van der Waals surface area contributed by atoms with E-state index in [2.05, 4.69) is 364 Å².